The highest BCUT2D eigenvalue weighted by Gasteiger charge is 2.09. The van der Waals surface area contributed by atoms with Crippen molar-refractivity contribution in [2.24, 2.45) is 0 Å². The van der Waals surface area contributed by atoms with E-state index in [4.69, 9.17) is 0 Å². The van der Waals surface area contributed by atoms with E-state index in [9.17, 15) is 0 Å². The topological polar surface area (TPSA) is 33.4 Å². The van der Waals surface area contributed by atoms with Gasteiger partial charge >= 0.3 is 0 Å². The van der Waals surface area contributed by atoms with E-state index < -0.39 is 0 Å². The smallest absolute Gasteiger partial charge is 0.136 e. The number of rotatable bonds is 4. The van der Waals surface area contributed by atoms with Gasteiger partial charge in [0.25, 0.3) is 0 Å². The minimum absolute atomic E-state index is 0.861. The fourth-order valence-corrected chi connectivity index (χ4v) is 3.59. The van der Waals surface area contributed by atoms with Crippen molar-refractivity contribution in [2.75, 3.05) is 7.05 Å². The average molecular weight is 308 g/mol. The zero-order valence-electron chi connectivity index (χ0n) is 12.3. The van der Waals surface area contributed by atoms with Gasteiger partial charge in [0.05, 0.1) is 27.6 Å². The van der Waals surface area contributed by atoms with E-state index in [1.807, 2.05) is 29.9 Å². The zero-order valence-corrected chi connectivity index (χ0v) is 13.1. The Morgan fingerprint density at radius 1 is 1.09 bits per heavy atom. The van der Waals surface area contributed by atoms with Crippen LogP contribution in [-0.4, -0.2) is 26.3 Å². The summed E-state index contributed by atoms with van der Waals surface area (Å²) in [5.41, 5.74) is 6.53. The summed E-state index contributed by atoms with van der Waals surface area (Å²) in [6.45, 7) is 1.76. The van der Waals surface area contributed by atoms with Gasteiger partial charge in [-0.2, -0.15) is 0 Å². The summed E-state index contributed by atoms with van der Waals surface area (Å²) in [5.74, 6) is 0. The van der Waals surface area contributed by atoms with Gasteiger partial charge in [-0.1, -0.05) is 18.2 Å². The number of aromatic nitrogens is 3. The number of imidazole rings is 1. The molecule has 0 N–H and O–H groups in total. The normalized spacial score (nSPS) is 11.7. The van der Waals surface area contributed by atoms with E-state index in [1.54, 1.807) is 11.3 Å². The quantitative estimate of drug-likeness (QED) is 0.578. The van der Waals surface area contributed by atoms with Crippen LogP contribution in [0.15, 0.2) is 54.3 Å². The lowest BCUT2D eigenvalue weighted by Gasteiger charge is -2.16. The summed E-state index contributed by atoms with van der Waals surface area (Å²) in [4.78, 5) is 11.1. The predicted octanol–water partition coefficient (Wildman–Crippen LogP) is 3.58. The Morgan fingerprint density at radius 2 is 2.05 bits per heavy atom. The third-order valence-corrected chi connectivity index (χ3v) is 4.72. The molecule has 0 fully saturated rings. The number of thiazole rings is 1. The molecule has 0 saturated carbocycles. The van der Waals surface area contributed by atoms with Crippen molar-refractivity contribution in [3.63, 3.8) is 0 Å². The molecule has 0 saturated heterocycles. The average Bonchev–Trinajstić information content (AvgIpc) is 3.15. The Bertz CT molecular complexity index is 924. The summed E-state index contributed by atoms with van der Waals surface area (Å²) in [6, 6.07) is 12.4. The second-order valence-electron chi connectivity index (χ2n) is 5.47. The third kappa shape index (κ3) is 2.38. The second-order valence-corrected chi connectivity index (χ2v) is 6.32. The standard InChI is InChI=1S/C17H16N4S/c1-20(10-13-5-4-6-15-17(13)22-12-19-15)11-14-9-18-16-7-2-3-8-21(14)16/h2-9,12H,10-11H2,1H3. The van der Waals surface area contributed by atoms with Crippen molar-refractivity contribution in [3.05, 3.63) is 65.6 Å². The van der Waals surface area contributed by atoms with Crippen molar-refractivity contribution >= 4 is 27.2 Å². The highest BCUT2D eigenvalue weighted by molar-refractivity contribution is 7.16. The van der Waals surface area contributed by atoms with Crippen LogP contribution < -0.4 is 0 Å². The van der Waals surface area contributed by atoms with Crippen LogP contribution in [0, 0.1) is 0 Å². The van der Waals surface area contributed by atoms with E-state index in [0.717, 1.165) is 24.3 Å². The Kier molecular flexibility index (Phi) is 3.36. The van der Waals surface area contributed by atoms with Gasteiger partial charge in [0.15, 0.2) is 0 Å². The monoisotopic (exact) mass is 308 g/mol. The van der Waals surface area contributed by atoms with Crippen LogP contribution in [0.3, 0.4) is 0 Å². The molecule has 110 valence electrons. The number of benzene rings is 1. The molecule has 1 aromatic carbocycles. The third-order valence-electron chi connectivity index (χ3n) is 3.80. The maximum atomic E-state index is 4.45. The molecule has 0 amide bonds. The first-order chi connectivity index (χ1) is 10.8. The van der Waals surface area contributed by atoms with Crippen LogP contribution in [0.1, 0.15) is 11.3 Å². The van der Waals surface area contributed by atoms with E-state index in [1.165, 1.54) is 16.0 Å². The molecule has 4 aromatic rings. The van der Waals surface area contributed by atoms with Gasteiger partial charge in [-0.05, 0) is 30.8 Å². The Morgan fingerprint density at radius 3 is 3.00 bits per heavy atom. The molecule has 0 aliphatic heterocycles. The van der Waals surface area contributed by atoms with Gasteiger partial charge in [0.1, 0.15) is 5.65 Å². The lowest BCUT2D eigenvalue weighted by Crippen LogP contribution is -2.18. The van der Waals surface area contributed by atoms with E-state index in [2.05, 4.69) is 50.7 Å². The first-order valence-electron chi connectivity index (χ1n) is 7.22. The molecule has 5 heteroatoms. The van der Waals surface area contributed by atoms with E-state index in [-0.39, 0.29) is 0 Å². The highest BCUT2D eigenvalue weighted by atomic mass is 32.1. The molecule has 0 aliphatic carbocycles. The van der Waals surface area contributed by atoms with Crippen molar-refractivity contribution in [2.45, 2.75) is 13.1 Å². The molecule has 0 radical (unpaired) electrons. The lowest BCUT2D eigenvalue weighted by molar-refractivity contribution is 0.315. The van der Waals surface area contributed by atoms with E-state index >= 15 is 0 Å². The molecule has 0 unspecified atom stereocenters. The van der Waals surface area contributed by atoms with Crippen molar-refractivity contribution in [3.8, 4) is 0 Å². The maximum Gasteiger partial charge on any atom is 0.136 e. The highest BCUT2D eigenvalue weighted by Crippen LogP contribution is 2.23. The maximum absolute atomic E-state index is 4.45. The predicted molar refractivity (Wildman–Crippen MR) is 90.0 cm³/mol. The van der Waals surface area contributed by atoms with Gasteiger partial charge in [-0.3, -0.25) is 4.90 Å². The molecule has 0 aliphatic rings. The van der Waals surface area contributed by atoms with Crippen LogP contribution >= 0.6 is 11.3 Å². The minimum Gasteiger partial charge on any atom is -0.303 e. The SMILES string of the molecule is CN(Cc1cccc2ncsc12)Cc1cnc2ccccn12. The van der Waals surface area contributed by atoms with Crippen LogP contribution in [-0.2, 0) is 13.1 Å². The van der Waals surface area contributed by atoms with E-state index in [0.29, 0.717) is 0 Å². The van der Waals surface area contributed by atoms with Crippen molar-refractivity contribution in [1.29, 1.82) is 0 Å². The molecule has 3 aromatic heterocycles. The Balaban J connectivity index is 1.57. The zero-order chi connectivity index (χ0) is 14.9. The number of hydrogen-bond acceptors (Lipinski definition) is 4. The molecule has 4 rings (SSSR count). The van der Waals surface area contributed by atoms with Crippen LogP contribution in [0.4, 0.5) is 0 Å². The van der Waals surface area contributed by atoms with Crippen LogP contribution in [0.25, 0.3) is 15.9 Å². The summed E-state index contributed by atoms with van der Waals surface area (Å²) in [5, 5.41) is 0. The fourth-order valence-electron chi connectivity index (χ4n) is 2.79. The molecule has 0 atom stereocenters. The Hall–Kier alpha value is -2.24. The van der Waals surface area contributed by atoms with Gasteiger partial charge < -0.3 is 4.40 Å². The van der Waals surface area contributed by atoms with Crippen LogP contribution in [0.5, 0.6) is 0 Å². The molecule has 0 spiro atoms. The summed E-state index contributed by atoms with van der Waals surface area (Å²) in [7, 11) is 2.14. The van der Waals surface area contributed by atoms with Crippen molar-refractivity contribution in [1.82, 2.24) is 19.3 Å². The second kappa shape index (κ2) is 5.51. The summed E-state index contributed by atoms with van der Waals surface area (Å²) < 4.78 is 3.43. The number of nitrogens with zero attached hydrogens (tertiary/aromatic N) is 4. The molecule has 22 heavy (non-hydrogen) atoms. The first-order valence-corrected chi connectivity index (χ1v) is 8.10. The largest absolute Gasteiger partial charge is 0.303 e. The summed E-state index contributed by atoms with van der Waals surface area (Å²) >= 11 is 1.71. The molecular formula is C17H16N4S. The van der Waals surface area contributed by atoms with Gasteiger partial charge in [0.2, 0.25) is 0 Å². The molecular weight excluding hydrogens is 292 g/mol. The fraction of sp³-hybridized carbons (Fsp3) is 0.176. The molecule has 0 bridgehead atoms. The number of hydrogen-bond donors (Lipinski definition) is 0. The van der Waals surface area contributed by atoms with Crippen LogP contribution in [0.2, 0.25) is 0 Å². The minimum atomic E-state index is 0.861. The lowest BCUT2D eigenvalue weighted by atomic mass is 10.2. The van der Waals surface area contributed by atoms with Crippen molar-refractivity contribution < 1.29 is 0 Å². The molecule has 4 nitrogen and oxygen atoms in total. The molecule has 3 heterocycles. The Labute approximate surface area is 132 Å². The van der Waals surface area contributed by atoms with Gasteiger partial charge in [0, 0.05) is 19.3 Å². The number of pyridine rings is 1. The number of fused-ring (bicyclic) bond motifs is 2. The van der Waals surface area contributed by atoms with Gasteiger partial charge in [-0.25, -0.2) is 9.97 Å². The first kappa shape index (κ1) is 13.4. The van der Waals surface area contributed by atoms with Gasteiger partial charge in [-0.15, -0.1) is 11.3 Å². The summed E-state index contributed by atoms with van der Waals surface area (Å²) in [6.07, 6.45) is 4.02.